The maximum absolute atomic E-state index is 12.0. The molecule has 2 aromatic rings. The molecule has 1 N–H and O–H groups in total. The number of hydrogen-bond acceptors (Lipinski definition) is 3. The molecule has 0 atom stereocenters. The van der Waals surface area contributed by atoms with E-state index in [-0.39, 0.29) is 17.9 Å². The van der Waals surface area contributed by atoms with Gasteiger partial charge >= 0.3 is 0 Å². The van der Waals surface area contributed by atoms with E-state index in [9.17, 15) is 9.59 Å². The van der Waals surface area contributed by atoms with Gasteiger partial charge in [0.25, 0.3) is 0 Å². The minimum atomic E-state index is -0.0676. The third-order valence-corrected chi connectivity index (χ3v) is 3.44. The van der Waals surface area contributed by atoms with Gasteiger partial charge in [0.2, 0.25) is 5.91 Å². The molecule has 1 amide bonds. The van der Waals surface area contributed by atoms with Crippen LogP contribution in [0.15, 0.2) is 35.3 Å². The number of nitrogens with one attached hydrogen (secondary N) is 1. The first-order valence-electron chi connectivity index (χ1n) is 7.56. The maximum atomic E-state index is 12.0. The summed E-state index contributed by atoms with van der Waals surface area (Å²) in [4.78, 5) is 23.9. The Morgan fingerprint density at radius 3 is 2.91 bits per heavy atom. The van der Waals surface area contributed by atoms with E-state index >= 15 is 0 Å². The first-order valence-corrected chi connectivity index (χ1v) is 7.56. The molecule has 22 heavy (non-hydrogen) atoms. The van der Waals surface area contributed by atoms with Crippen molar-refractivity contribution in [3.8, 4) is 0 Å². The molecule has 2 rings (SSSR count). The summed E-state index contributed by atoms with van der Waals surface area (Å²) >= 11 is 0. The second-order valence-corrected chi connectivity index (χ2v) is 5.23. The van der Waals surface area contributed by atoms with Crippen molar-refractivity contribution in [2.75, 3.05) is 19.8 Å². The zero-order valence-electron chi connectivity index (χ0n) is 13.1. The van der Waals surface area contributed by atoms with Crippen molar-refractivity contribution < 1.29 is 9.53 Å². The maximum Gasteiger partial charge on any atom is 0.239 e. The lowest BCUT2D eigenvalue weighted by atomic mass is 10.1. The number of amides is 1. The van der Waals surface area contributed by atoms with Crippen LogP contribution in [-0.4, -0.2) is 30.2 Å². The molecule has 1 heterocycles. The molecular weight excluding hydrogens is 280 g/mol. The first kappa shape index (κ1) is 16.2. The standard InChI is InChI=1S/C17H22N2O3/c1-3-22-10-4-8-18-17(21)12-19-9-7-16(20)14-11-13(2)5-6-15(14)19/h5-7,9,11H,3-4,8,10,12H2,1-2H3,(H,18,21). The molecule has 0 saturated heterocycles. The monoisotopic (exact) mass is 302 g/mol. The van der Waals surface area contributed by atoms with E-state index < -0.39 is 0 Å². The molecule has 0 aliphatic rings. The number of aryl methyl sites for hydroxylation is 1. The van der Waals surface area contributed by atoms with E-state index in [0.717, 1.165) is 17.5 Å². The molecule has 1 aromatic heterocycles. The Bertz CT molecular complexity index is 707. The van der Waals surface area contributed by atoms with Crippen LogP contribution in [0.5, 0.6) is 0 Å². The molecule has 0 saturated carbocycles. The summed E-state index contributed by atoms with van der Waals surface area (Å²) in [6.45, 7) is 6.03. The molecule has 0 fully saturated rings. The zero-order valence-corrected chi connectivity index (χ0v) is 13.1. The van der Waals surface area contributed by atoms with Crippen LogP contribution in [0.4, 0.5) is 0 Å². The van der Waals surface area contributed by atoms with Gasteiger partial charge in [0.05, 0.1) is 5.52 Å². The van der Waals surface area contributed by atoms with Crippen molar-refractivity contribution in [1.29, 1.82) is 0 Å². The Hall–Kier alpha value is -2.14. The van der Waals surface area contributed by atoms with E-state index in [2.05, 4.69) is 5.32 Å². The third-order valence-electron chi connectivity index (χ3n) is 3.44. The number of rotatable bonds is 7. The SMILES string of the molecule is CCOCCCNC(=O)Cn1ccc(=O)c2cc(C)ccc21. The highest BCUT2D eigenvalue weighted by molar-refractivity contribution is 5.82. The number of aromatic nitrogens is 1. The van der Waals surface area contributed by atoms with Crippen LogP contribution in [0, 0.1) is 6.92 Å². The predicted octanol–water partition coefficient (Wildman–Crippen LogP) is 1.85. The van der Waals surface area contributed by atoms with Crippen LogP contribution in [-0.2, 0) is 16.1 Å². The summed E-state index contributed by atoms with van der Waals surface area (Å²) in [6.07, 6.45) is 2.46. The highest BCUT2D eigenvalue weighted by Crippen LogP contribution is 2.12. The van der Waals surface area contributed by atoms with Gasteiger partial charge in [-0.3, -0.25) is 9.59 Å². The fourth-order valence-electron chi connectivity index (χ4n) is 2.32. The van der Waals surface area contributed by atoms with Gasteiger partial charge in [-0.25, -0.2) is 0 Å². The van der Waals surface area contributed by atoms with Gasteiger partial charge in [-0.1, -0.05) is 11.6 Å². The Balaban J connectivity index is 2.04. The largest absolute Gasteiger partial charge is 0.382 e. The fourth-order valence-corrected chi connectivity index (χ4v) is 2.32. The average Bonchev–Trinajstić information content (AvgIpc) is 2.50. The van der Waals surface area contributed by atoms with E-state index in [1.807, 2.05) is 32.0 Å². The van der Waals surface area contributed by atoms with Gasteiger partial charge in [-0.2, -0.15) is 0 Å². The molecule has 5 heteroatoms. The number of carbonyl (C=O) groups excluding carboxylic acids is 1. The molecule has 118 valence electrons. The number of benzene rings is 1. The van der Waals surface area contributed by atoms with Crippen molar-refractivity contribution in [2.45, 2.75) is 26.8 Å². The Kier molecular flexibility index (Phi) is 5.72. The summed E-state index contributed by atoms with van der Waals surface area (Å²) < 4.78 is 7.02. The highest BCUT2D eigenvalue weighted by Gasteiger charge is 2.07. The van der Waals surface area contributed by atoms with Crippen LogP contribution < -0.4 is 10.7 Å². The minimum absolute atomic E-state index is 0.0212. The van der Waals surface area contributed by atoms with Gasteiger partial charge in [0.1, 0.15) is 6.54 Å². The molecular formula is C17H22N2O3. The Morgan fingerprint density at radius 1 is 1.32 bits per heavy atom. The Morgan fingerprint density at radius 2 is 2.14 bits per heavy atom. The quantitative estimate of drug-likeness (QED) is 0.794. The molecule has 0 unspecified atom stereocenters. The number of fused-ring (bicyclic) bond motifs is 1. The molecule has 0 aliphatic carbocycles. The minimum Gasteiger partial charge on any atom is -0.382 e. The van der Waals surface area contributed by atoms with Crippen LogP contribution in [0.2, 0.25) is 0 Å². The fraction of sp³-hybridized carbons (Fsp3) is 0.412. The first-order chi connectivity index (χ1) is 10.6. The molecule has 0 bridgehead atoms. The number of pyridine rings is 1. The number of hydrogen-bond donors (Lipinski definition) is 1. The molecule has 1 aromatic carbocycles. The molecule has 0 aliphatic heterocycles. The van der Waals surface area contributed by atoms with Crippen LogP contribution in [0.25, 0.3) is 10.9 Å². The van der Waals surface area contributed by atoms with Crippen LogP contribution in [0.3, 0.4) is 0 Å². The lowest BCUT2D eigenvalue weighted by molar-refractivity contribution is -0.121. The Labute approximate surface area is 129 Å². The average molecular weight is 302 g/mol. The normalized spacial score (nSPS) is 10.8. The van der Waals surface area contributed by atoms with Crippen LogP contribution >= 0.6 is 0 Å². The summed E-state index contributed by atoms with van der Waals surface area (Å²) in [5, 5.41) is 3.51. The summed E-state index contributed by atoms with van der Waals surface area (Å²) in [5.41, 5.74) is 1.79. The van der Waals surface area contributed by atoms with Gasteiger partial charge in [-0.15, -0.1) is 0 Å². The topological polar surface area (TPSA) is 60.3 Å². The van der Waals surface area contributed by atoms with Gasteiger partial charge in [0, 0.05) is 37.4 Å². The number of ether oxygens (including phenoxy) is 1. The van der Waals surface area contributed by atoms with Crippen molar-refractivity contribution >= 4 is 16.8 Å². The van der Waals surface area contributed by atoms with E-state index in [1.54, 1.807) is 10.8 Å². The van der Waals surface area contributed by atoms with Gasteiger partial charge in [-0.05, 0) is 32.4 Å². The van der Waals surface area contributed by atoms with Crippen molar-refractivity contribution in [3.05, 3.63) is 46.2 Å². The lowest BCUT2D eigenvalue weighted by Gasteiger charge is -2.11. The van der Waals surface area contributed by atoms with Crippen molar-refractivity contribution in [2.24, 2.45) is 0 Å². The summed E-state index contributed by atoms with van der Waals surface area (Å²) in [5.74, 6) is -0.0676. The second kappa shape index (κ2) is 7.75. The smallest absolute Gasteiger partial charge is 0.239 e. The van der Waals surface area contributed by atoms with E-state index in [0.29, 0.717) is 25.1 Å². The predicted molar refractivity (Wildman–Crippen MR) is 87.1 cm³/mol. The summed E-state index contributed by atoms with van der Waals surface area (Å²) in [7, 11) is 0. The summed E-state index contributed by atoms with van der Waals surface area (Å²) in [6, 6.07) is 7.19. The van der Waals surface area contributed by atoms with Crippen molar-refractivity contribution in [1.82, 2.24) is 9.88 Å². The van der Waals surface area contributed by atoms with Crippen molar-refractivity contribution in [3.63, 3.8) is 0 Å². The molecule has 5 nitrogen and oxygen atoms in total. The number of nitrogens with zero attached hydrogens (tertiary/aromatic N) is 1. The van der Waals surface area contributed by atoms with Gasteiger partial charge in [0.15, 0.2) is 5.43 Å². The lowest BCUT2D eigenvalue weighted by Crippen LogP contribution is -2.29. The third kappa shape index (κ3) is 4.18. The van der Waals surface area contributed by atoms with E-state index in [4.69, 9.17) is 4.74 Å². The zero-order chi connectivity index (χ0) is 15.9. The van der Waals surface area contributed by atoms with Gasteiger partial charge < -0.3 is 14.6 Å². The van der Waals surface area contributed by atoms with E-state index in [1.165, 1.54) is 6.07 Å². The molecule has 0 spiro atoms. The second-order valence-electron chi connectivity index (χ2n) is 5.23. The van der Waals surface area contributed by atoms with Crippen LogP contribution in [0.1, 0.15) is 18.9 Å². The molecule has 0 radical (unpaired) electrons. The number of carbonyl (C=O) groups is 1. The highest BCUT2D eigenvalue weighted by atomic mass is 16.5.